The van der Waals surface area contributed by atoms with E-state index in [1.165, 1.54) is 22.2 Å². The molecule has 0 radical (unpaired) electrons. The summed E-state index contributed by atoms with van der Waals surface area (Å²) in [4.78, 5) is 1.40. The van der Waals surface area contributed by atoms with Crippen molar-refractivity contribution < 1.29 is 4.74 Å². The topological polar surface area (TPSA) is 21.3 Å². The fourth-order valence-corrected chi connectivity index (χ4v) is 3.75. The standard InChI is InChI=1S/C12H18BrNOS/c1-9(12-11(13)4-7-16-12)14-8-10-2-5-15-6-3-10/h4,7,9-10,14H,2-3,5-6,8H2,1H3. The second kappa shape index (κ2) is 6.15. The normalized spacial score (nSPS) is 19.9. The molecule has 1 aliphatic rings. The first-order chi connectivity index (χ1) is 7.77. The van der Waals surface area contributed by atoms with Gasteiger partial charge in [0.2, 0.25) is 0 Å². The lowest BCUT2D eigenvalue weighted by molar-refractivity contribution is 0.0656. The highest BCUT2D eigenvalue weighted by atomic mass is 79.9. The average molecular weight is 304 g/mol. The summed E-state index contributed by atoms with van der Waals surface area (Å²) in [5.41, 5.74) is 0. The lowest BCUT2D eigenvalue weighted by Gasteiger charge is -2.24. The van der Waals surface area contributed by atoms with E-state index in [-0.39, 0.29) is 0 Å². The summed E-state index contributed by atoms with van der Waals surface area (Å²) < 4.78 is 6.59. The molecule has 1 N–H and O–H groups in total. The smallest absolute Gasteiger partial charge is 0.0469 e. The Labute approximate surface area is 110 Å². The molecule has 4 heteroatoms. The Kier molecular flexibility index (Phi) is 4.82. The van der Waals surface area contributed by atoms with E-state index in [1.54, 1.807) is 0 Å². The van der Waals surface area contributed by atoms with Gasteiger partial charge in [-0.2, -0.15) is 0 Å². The molecular weight excluding hydrogens is 286 g/mol. The van der Waals surface area contributed by atoms with Crippen LogP contribution in [0.3, 0.4) is 0 Å². The minimum Gasteiger partial charge on any atom is -0.381 e. The monoisotopic (exact) mass is 303 g/mol. The number of ether oxygens (including phenoxy) is 1. The molecule has 1 unspecified atom stereocenters. The highest BCUT2D eigenvalue weighted by Crippen LogP contribution is 2.29. The van der Waals surface area contributed by atoms with E-state index in [0.29, 0.717) is 6.04 Å². The number of nitrogens with one attached hydrogen (secondary N) is 1. The van der Waals surface area contributed by atoms with E-state index < -0.39 is 0 Å². The summed E-state index contributed by atoms with van der Waals surface area (Å²) in [6.45, 7) is 5.21. The largest absolute Gasteiger partial charge is 0.381 e. The zero-order chi connectivity index (χ0) is 11.4. The summed E-state index contributed by atoms with van der Waals surface area (Å²) in [5, 5.41) is 5.75. The molecule has 0 spiro atoms. The Bertz CT molecular complexity index is 323. The number of thiophene rings is 1. The van der Waals surface area contributed by atoms with Crippen LogP contribution in [0.2, 0.25) is 0 Å². The number of halogens is 1. The molecule has 16 heavy (non-hydrogen) atoms. The number of hydrogen-bond donors (Lipinski definition) is 1. The van der Waals surface area contributed by atoms with E-state index in [2.05, 4.69) is 39.6 Å². The Morgan fingerprint density at radius 1 is 1.56 bits per heavy atom. The quantitative estimate of drug-likeness (QED) is 0.918. The van der Waals surface area contributed by atoms with Gasteiger partial charge in [-0.25, -0.2) is 0 Å². The fourth-order valence-electron chi connectivity index (χ4n) is 2.00. The van der Waals surface area contributed by atoms with Gasteiger partial charge in [0.25, 0.3) is 0 Å². The molecule has 1 aromatic rings. The van der Waals surface area contributed by atoms with Gasteiger partial charge >= 0.3 is 0 Å². The molecule has 0 aliphatic carbocycles. The Balaban J connectivity index is 1.79. The summed E-state index contributed by atoms with van der Waals surface area (Å²) in [5.74, 6) is 0.787. The molecule has 2 rings (SSSR count). The predicted octanol–water partition coefficient (Wildman–Crippen LogP) is 3.59. The molecule has 1 aromatic heterocycles. The summed E-state index contributed by atoms with van der Waals surface area (Å²) >= 11 is 5.39. The van der Waals surface area contributed by atoms with Gasteiger partial charge in [-0.1, -0.05) is 0 Å². The van der Waals surface area contributed by atoms with E-state index >= 15 is 0 Å². The molecular formula is C12H18BrNOS. The fraction of sp³-hybridized carbons (Fsp3) is 0.667. The van der Waals surface area contributed by atoms with Gasteiger partial charge in [-0.15, -0.1) is 11.3 Å². The minimum absolute atomic E-state index is 0.442. The van der Waals surface area contributed by atoms with Crippen LogP contribution in [0.25, 0.3) is 0 Å². The second-order valence-electron chi connectivity index (χ2n) is 4.32. The first-order valence-electron chi connectivity index (χ1n) is 5.81. The van der Waals surface area contributed by atoms with Crippen LogP contribution in [-0.2, 0) is 4.74 Å². The highest BCUT2D eigenvalue weighted by Gasteiger charge is 2.16. The lowest BCUT2D eigenvalue weighted by atomic mass is 10.00. The summed E-state index contributed by atoms with van der Waals surface area (Å²) in [6, 6.07) is 2.56. The summed E-state index contributed by atoms with van der Waals surface area (Å²) in [7, 11) is 0. The van der Waals surface area contributed by atoms with Gasteiger partial charge in [0.1, 0.15) is 0 Å². The molecule has 90 valence electrons. The lowest BCUT2D eigenvalue weighted by Crippen LogP contribution is -2.29. The van der Waals surface area contributed by atoms with Crippen LogP contribution < -0.4 is 5.32 Å². The van der Waals surface area contributed by atoms with Crippen LogP contribution in [0.5, 0.6) is 0 Å². The van der Waals surface area contributed by atoms with Crippen LogP contribution in [0.4, 0.5) is 0 Å². The maximum Gasteiger partial charge on any atom is 0.0469 e. The van der Waals surface area contributed by atoms with Crippen molar-refractivity contribution >= 4 is 27.3 Å². The third kappa shape index (κ3) is 3.29. The van der Waals surface area contributed by atoms with Crippen molar-refractivity contribution in [2.24, 2.45) is 5.92 Å². The van der Waals surface area contributed by atoms with E-state index in [9.17, 15) is 0 Å². The van der Waals surface area contributed by atoms with Gasteiger partial charge < -0.3 is 10.1 Å². The minimum atomic E-state index is 0.442. The van der Waals surface area contributed by atoms with Crippen molar-refractivity contribution in [2.75, 3.05) is 19.8 Å². The van der Waals surface area contributed by atoms with E-state index in [4.69, 9.17) is 4.74 Å². The maximum atomic E-state index is 5.36. The van der Waals surface area contributed by atoms with Gasteiger partial charge in [0.05, 0.1) is 0 Å². The third-order valence-corrected chi connectivity index (χ3v) is 5.15. The van der Waals surface area contributed by atoms with Gasteiger partial charge in [0, 0.05) is 28.6 Å². The van der Waals surface area contributed by atoms with E-state index in [1.807, 2.05) is 11.3 Å². The van der Waals surface area contributed by atoms with Gasteiger partial charge in [-0.05, 0) is 59.6 Å². The van der Waals surface area contributed by atoms with Crippen LogP contribution in [0.1, 0.15) is 30.7 Å². The van der Waals surface area contributed by atoms with Crippen LogP contribution in [-0.4, -0.2) is 19.8 Å². The molecule has 0 bridgehead atoms. The Morgan fingerprint density at radius 2 is 2.31 bits per heavy atom. The van der Waals surface area contributed by atoms with Crippen LogP contribution >= 0.6 is 27.3 Å². The Morgan fingerprint density at radius 3 is 2.94 bits per heavy atom. The molecule has 1 aliphatic heterocycles. The molecule has 0 aromatic carbocycles. The molecule has 1 fully saturated rings. The number of rotatable bonds is 4. The van der Waals surface area contributed by atoms with Crippen molar-refractivity contribution in [3.8, 4) is 0 Å². The molecule has 2 nitrogen and oxygen atoms in total. The van der Waals surface area contributed by atoms with Crippen molar-refractivity contribution in [1.29, 1.82) is 0 Å². The molecule has 0 saturated carbocycles. The first-order valence-corrected chi connectivity index (χ1v) is 7.48. The van der Waals surface area contributed by atoms with Gasteiger partial charge in [0.15, 0.2) is 0 Å². The van der Waals surface area contributed by atoms with Gasteiger partial charge in [-0.3, -0.25) is 0 Å². The molecule has 1 atom stereocenters. The molecule has 2 heterocycles. The third-order valence-electron chi connectivity index (χ3n) is 3.09. The van der Waals surface area contributed by atoms with Crippen molar-refractivity contribution in [3.05, 3.63) is 20.8 Å². The average Bonchev–Trinajstić information content (AvgIpc) is 2.74. The SMILES string of the molecule is CC(NCC1CCOCC1)c1sccc1Br. The second-order valence-corrected chi connectivity index (χ2v) is 6.12. The van der Waals surface area contributed by atoms with E-state index in [0.717, 1.165) is 25.7 Å². The molecule has 0 amide bonds. The first kappa shape index (κ1) is 12.6. The molecule has 1 saturated heterocycles. The zero-order valence-corrected chi connectivity index (χ0v) is 11.9. The van der Waals surface area contributed by atoms with Crippen molar-refractivity contribution in [1.82, 2.24) is 5.32 Å². The summed E-state index contributed by atoms with van der Waals surface area (Å²) in [6.07, 6.45) is 2.40. The van der Waals surface area contributed by atoms with Crippen LogP contribution in [0.15, 0.2) is 15.9 Å². The van der Waals surface area contributed by atoms with Crippen molar-refractivity contribution in [3.63, 3.8) is 0 Å². The maximum absolute atomic E-state index is 5.36. The zero-order valence-electron chi connectivity index (χ0n) is 9.54. The van der Waals surface area contributed by atoms with Crippen molar-refractivity contribution in [2.45, 2.75) is 25.8 Å². The predicted molar refractivity (Wildman–Crippen MR) is 72.0 cm³/mol. The number of hydrogen-bond acceptors (Lipinski definition) is 3. The Hall–Kier alpha value is 0.100. The highest BCUT2D eigenvalue weighted by molar-refractivity contribution is 9.10. The van der Waals surface area contributed by atoms with Crippen LogP contribution in [0, 0.1) is 5.92 Å².